The maximum Gasteiger partial charge on any atom is 0.220 e. The number of rotatable bonds is 5. The van der Waals surface area contributed by atoms with E-state index < -0.39 is 0 Å². The van der Waals surface area contributed by atoms with E-state index in [0.29, 0.717) is 13.0 Å². The lowest BCUT2D eigenvalue weighted by Gasteiger charge is -2.09. The lowest BCUT2D eigenvalue weighted by atomic mass is 10.0. The fourth-order valence-electron chi connectivity index (χ4n) is 1.98. The van der Waals surface area contributed by atoms with Gasteiger partial charge in [-0.15, -0.1) is 11.6 Å². The number of hydrogen-bond acceptors (Lipinski definition) is 1. The molecule has 0 heterocycles. The van der Waals surface area contributed by atoms with Crippen LogP contribution in [0.1, 0.15) is 45.4 Å². The Hall–Kier alpha value is -0.240. The third kappa shape index (κ3) is 4.85. The summed E-state index contributed by atoms with van der Waals surface area (Å²) >= 11 is 5.73. The van der Waals surface area contributed by atoms with Crippen molar-refractivity contribution in [2.24, 2.45) is 5.92 Å². The Kier molecular flexibility index (Phi) is 5.31. The van der Waals surface area contributed by atoms with Crippen LogP contribution in [0.15, 0.2) is 0 Å². The zero-order valence-corrected chi connectivity index (χ0v) is 9.65. The number of carbonyl (C=O) groups excluding carboxylic acids is 1. The number of halogens is 1. The molecule has 1 amide bonds. The van der Waals surface area contributed by atoms with Crippen molar-refractivity contribution in [3.8, 4) is 0 Å². The van der Waals surface area contributed by atoms with E-state index in [-0.39, 0.29) is 11.3 Å². The molecule has 1 fully saturated rings. The molecule has 0 bridgehead atoms. The SMILES string of the molecule is CC(Cl)CNC(=O)CCC1CCCC1. The minimum Gasteiger partial charge on any atom is -0.355 e. The standard InChI is InChI=1S/C11H20ClNO/c1-9(12)8-13-11(14)7-6-10-4-2-3-5-10/h9-10H,2-8H2,1H3,(H,13,14). The highest BCUT2D eigenvalue weighted by Crippen LogP contribution is 2.28. The molecule has 1 saturated carbocycles. The van der Waals surface area contributed by atoms with E-state index in [1.165, 1.54) is 25.7 Å². The quantitative estimate of drug-likeness (QED) is 0.705. The first-order valence-electron chi connectivity index (χ1n) is 5.59. The van der Waals surface area contributed by atoms with Crippen molar-refractivity contribution in [1.29, 1.82) is 0 Å². The van der Waals surface area contributed by atoms with E-state index in [0.717, 1.165) is 12.3 Å². The first-order chi connectivity index (χ1) is 6.68. The van der Waals surface area contributed by atoms with Crippen molar-refractivity contribution >= 4 is 17.5 Å². The normalized spacial score (nSPS) is 19.6. The molecule has 1 aliphatic carbocycles. The summed E-state index contributed by atoms with van der Waals surface area (Å²) in [7, 11) is 0. The van der Waals surface area contributed by atoms with Crippen LogP contribution < -0.4 is 5.32 Å². The molecule has 1 N–H and O–H groups in total. The van der Waals surface area contributed by atoms with Crippen LogP contribution >= 0.6 is 11.6 Å². The van der Waals surface area contributed by atoms with E-state index >= 15 is 0 Å². The fraction of sp³-hybridized carbons (Fsp3) is 0.909. The van der Waals surface area contributed by atoms with Gasteiger partial charge in [-0.3, -0.25) is 4.79 Å². The summed E-state index contributed by atoms with van der Waals surface area (Å²) in [6.45, 7) is 2.48. The molecule has 0 aromatic heterocycles. The van der Waals surface area contributed by atoms with Crippen LogP contribution in [0.2, 0.25) is 0 Å². The van der Waals surface area contributed by atoms with Gasteiger partial charge in [-0.25, -0.2) is 0 Å². The van der Waals surface area contributed by atoms with E-state index in [9.17, 15) is 4.79 Å². The van der Waals surface area contributed by atoms with Gasteiger partial charge < -0.3 is 5.32 Å². The third-order valence-electron chi connectivity index (χ3n) is 2.83. The molecule has 0 saturated heterocycles. The van der Waals surface area contributed by atoms with E-state index in [1.54, 1.807) is 0 Å². The van der Waals surface area contributed by atoms with Gasteiger partial charge in [0.05, 0.1) is 0 Å². The first-order valence-corrected chi connectivity index (χ1v) is 6.03. The number of carbonyl (C=O) groups is 1. The molecule has 0 spiro atoms. The van der Waals surface area contributed by atoms with Gasteiger partial charge in [-0.05, 0) is 19.3 Å². The number of alkyl halides is 1. The molecule has 1 atom stereocenters. The second kappa shape index (κ2) is 6.28. The maximum absolute atomic E-state index is 11.3. The second-order valence-electron chi connectivity index (χ2n) is 4.27. The van der Waals surface area contributed by atoms with E-state index in [2.05, 4.69) is 5.32 Å². The van der Waals surface area contributed by atoms with Gasteiger partial charge in [0.1, 0.15) is 0 Å². The van der Waals surface area contributed by atoms with Crippen molar-refractivity contribution in [3.05, 3.63) is 0 Å². The smallest absolute Gasteiger partial charge is 0.220 e. The fourth-order valence-corrected chi connectivity index (χ4v) is 2.05. The highest BCUT2D eigenvalue weighted by Gasteiger charge is 2.15. The Morgan fingerprint density at radius 2 is 2.14 bits per heavy atom. The molecule has 2 nitrogen and oxygen atoms in total. The van der Waals surface area contributed by atoms with Gasteiger partial charge in [0.25, 0.3) is 0 Å². The summed E-state index contributed by atoms with van der Waals surface area (Å²) in [6, 6.07) is 0. The van der Waals surface area contributed by atoms with Crippen molar-refractivity contribution in [3.63, 3.8) is 0 Å². The van der Waals surface area contributed by atoms with Gasteiger partial charge in [-0.2, -0.15) is 0 Å². The van der Waals surface area contributed by atoms with Crippen LogP contribution in [0.4, 0.5) is 0 Å². The third-order valence-corrected chi connectivity index (χ3v) is 2.99. The molecular weight excluding hydrogens is 198 g/mol. The van der Waals surface area contributed by atoms with Gasteiger partial charge in [0.2, 0.25) is 5.91 Å². The predicted molar refractivity (Wildman–Crippen MR) is 59.5 cm³/mol. The second-order valence-corrected chi connectivity index (χ2v) is 5.02. The molecule has 0 aromatic carbocycles. The molecule has 1 unspecified atom stereocenters. The Morgan fingerprint density at radius 1 is 1.50 bits per heavy atom. The van der Waals surface area contributed by atoms with E-state index in [1.807, 2.05) is 6.92 Å². The summed E-state index contributed by atoms with van der Waals surface area (Å²) in [5.41, 5.74) is 0. The Bertz CT molecular complexity index is 176. The van der Waals surface area contributed by atoms with Gasteiger partial charge in [-0.1, -0.05) is 25.7 Å². The average molecular weight is 218 g/mol. The number of nitrogens with one attached hydrogen (secondary N) is 1. The van der Waals surface area contributed by atoms with Crippen LogP contribution in [-0.4, -0.2) is 17.8 Å². The molecule has 1 aliphatic rings. The van der Waals surface area contributed by atoms with Crippen LogP contribution in [0.3, 0.4) is 0 Å². The lowest BCUT2D eigenvalue weighted by molar-refractivity contribution is -0.121. The largest absolute Gasteiger partial charge is 0.355 e. The highest BCUT2D eigenvalue weighted by molar-refractivity contribution is 6.20. The summed E-state index contributed by atoms with van der Waals surface area (Å²) in [4.78, 5) is 11.3. The van der Waals surface area contributed by atoms with Gasteiger partial charge in [0.15, 0.2) is 0 Å². The summed E-state index contributed by atoms with van der Waals surface area (Å²) in [6.07, 6.45) is 7.07. The van der Waals surface area contributed by atoms with Crippen molar-refractivity contribution < 1.29 is 4.79 Å². The Morgan fingerprint density at radius 3 is 2.71 bits per heavy atom. The van der Waals surface area contributed by atoms with Crippen molar-refractivity contribution in [2.75, 3.05) is 6.54 Å². The summed E-state index contributed by atoms with van der Waals surface area (Å²) < 4.78 is 0. The molecule has 3 heteroatoms. The zero-order valence-electron chi connectivity index (χ0n) is 8.89. The average Bonchev–Trinajstić information content (AvgIpc) is 2.63. The Labute approximate surface area is 91.4 Å². The zero-order chi connectivity index (χ0) is 10.4. The molecule has 0 aromatic rings. The van der Waals surface area contributed by atoms with Crippen LogP contribution in [0.5, 0.6) is 0 Å². The molecule has 0 aliphatic heterocycles. The van der Waals surface area contributed by atoms with Crippen molar-refractivity contribution in [2.45, 2.75) is 50.8 Å². The van der Waals surface area contributed by atoms with Gasteiger partial charge >= 0.3 is 0 Å². The molecule has 1 rings (SSSR count). The van der Waals surface area contributed by atoms with E-state index in [4.69, 9.17) is 11.6 Å². The Balaban J connectivity index is 2.02. The monoisotopic (exact) mass is 217 g/mol. The summed E-state index contributed by atoms with van der Waals surface area (Å²) in [5, 5.41) is 2.87. The molecular formula is C11H20ClNO. The lowest BCUT2D eigenvalue weighted by Crippen LogP contribution is -2.28. The van der Waals surface area contributed by atoms with Crippen LogP contribution in [-0.2, 0) is 4.79 Å². The van der Waals surface area contributed by atoms with Crippen LogP contribution in [0.25, 0.3) is 0 Å². The molecule has 14 heavy (non-hydrogen) atoms. The topological polar surface area (TPSA) is 29.1 Å². The highest BCUT2D eigenvalue weighted by atomic mass is 35.5. The predicted octanol–water partition coefficient (Wildman–Crippen LogP) is 2.70. The van der Waals surface area contributed by atoms with Crippen LogP contribution in [0, 0.1) is 5.92 Å². The first kappa shape index (κ1) is 11.8. The van der Waals surface area contributed by atoms with Gasteiger partial charge in [0, 0.05) is 18.3 Å². The minimum absolute atomic E-state index is 0.0328. The number of amides is 1. The number of hydrogen-bond donors (Lipinski definition) is 1. The van der Waals surface area contributed by atoms with Crippen molar-refractivity contribution in [1.82, 2.24) is 5.32 Å². The maximum atomic E-state index is 11.3. The molecule has 82 valence electrons. The molecule has 0 radical (unpaired) electrons. The minimum atomic E-state index is 0.0328. The summed E-state index contributed by atoms with van der Waals surface area (Å²) in [5.74, 6) is 0.957.